The van der Waals surface area contributed by atoms with E-state index in [1.807, 2.05) is 44.2 Å². The lowest BCUT2D eigenvalue weighted by atomic mass is 10.1. The minimum Gasteiger partial charge on any atom is -0.352 e. The van der Waals surface area contributed by atoms with Crippen LogP contribution < -0.4 is 15.5 Å². The van der Waals surface area contributed by atoms with E-state index in [-0.39, 0.29) is 23.5 Å². The van der Waals surface area contributed by atoms with Crippen LogP contribution in [-0.2, 0) is 25.2 Å². The number of hydrogen-bond acceptors (Lipinski definition) is 4. The summed E-state index contributed by atoms with van der Waals surface area (Å²) in [6.45, 7) is 5.53. The normalized spacial score (nSPS) is 15.4. The summed E-state index contributed by atoms with van der Waals surface area (Å²) >= 11 is 0. The molecule has 0 spiro atoms. The summed E-state index contributed by atoms with van der Waals surface area (Å²) in [4.78, 5) is 39.9. The molecule has 2 N–H and O–H groups in total. The van der Waals surface area contributed by atoms with Gasteiger partial charge in [0.1, 0.15) is 17.5 Å². The van der Waals surface area contributed by atoms with Crippen molar-refractivity contribution in [2.24, 2.45) is 0 Å². The minimum absolute atomic E-state index is 0.129. The predicted molar refractivity (Wildman–Crippen MR) is 136 cm³/mol. The van der Waals surface area contributed by atoms with Crippen LogP contribution in [0.5, 0.6) is 0 Å². The fraction of sp³-hybridized carbons (Fsp3) is 0.423. The van der Waals surface area contributed by atoms with Gasteiger partial charge in [0.25, 0.3) is 0 Å². The lowest BCUT2D eigenvalue weighted by Gasteiger charge is -2.29. The van der Waals surface area contributed by atoms with Crippen LogP contribution in [0.1, 0.15) is 43.7 Å². The van der Waals surface area contributed by atoms with Crippen LogP contribution in [0.4, 0.5) is 11.4 Å². The maximum absolute atomic E-state index is 13.2. The highest BCUT2D eigenvalue weighted by Gasteiger charge is 2.30. The van der Waals surface area contributed by atoms with Gasteiger partial charge in [0, 0.05) is 28.2 Å². The largest absolute Gasteiger partial charge is 0.352 e. The molecule has 0 saturated heterocycles. The van der Waals surface area contributed by atoms with Crippen molar-refractivity contribution in [3.05, 3.63) is 59.7 Å². The Bertz CT molecular complexity index is 1050. The smallest absolute Gasteiger partial charge is 0.243 e. The molecule has 2 aromatic rings. The van der Waals surface area contributed by atoms with Gasteiger partial charge >= 0.3 is 0 Å². The van der Waals surface area contributed by atoms with E-state index in [1.165, 1.54) is 4.90 Å². The lowest BCUT2D eigenvalue weighted by Crippen LogP contribution is -2.51. The highest BCUT2D eigenvalue weighted by Crippen LogP contribution is 2.22. The summed E-state index contributed by atoms with van der Waals surface area (Å²) in [7, 11) is -1.73. The Kier molecular flexibility index (Phi) is 8.98. The third-order valence-corrected chi connectivity index (χ3v) is 7.08. The van der Waals surface area contributed by atoms with Crippen LogP contribution in [0.3, 0.4) is 0 Å². The molecule has 182 valence electrons. The Morgan fingerprint density at radius 1 is 1.00 bits per heavy atom. The Morgan fingerprint density at radius 2 is 1.68 bits per heavy atom. The SMILES string of the molecule is Cc1ccc(NC(=O)CS(=O)CC(=O)N(c2cccc(C)c2)C(C)C(=O)NC2CCCC2)cc1. The Labute approximate surface area is 203 Å². The topological polar surface area (TPSA) is 95.6 Å². The first-order valence-electron chi connectivity index (χ1n) is 11.6. The average Bonchev–Trinajstić information content (AvgIpc) is 3.28. The molecule has 2 atom stereocenters. The molecule has 3 rings (SSSR count). The number of aryl methyl sites for hydroxylation is 2. The fourth-order valence-corrected chi connectivity index (χ4v) is 4.99. The van der Waals surface area contributed by atoms with E-state index in [0.29, 0.717) is 11.4 Å². The highest BCUT2D eigenvalue weighted by atomic mass is 32.2. The second-order valence-electron chi connectivity index (χ2n) is 8.91. The molecule has 2 unspecified atom stereocenters. The van der Waals surface area contributed by atoms with E-state index < -0.39 is 28.7 Å². The molecule has 2 aromatic carbocycles. The quantitative estimate of drug-likeness (QED) is 0.571. The van der Waals surface area contributed by atoms with Gasteiger partial charge in [-0.15, -0.1) is 0 Å². The molecule has 0 bridgehead atoms. The number of hydrogen-bond donors (Lipinski definition) is 2. The van der Waals surface area contributed by atoms with Crippen LogP contribution in [0.15, 0.2) is 48.5 Å². The zero-order valence-electron chi connectivity index (χ0n) is 20.0. The van der Waals surface area contributed by atoms with Crippen molar-refractivity contribution in [3.8, 4) is 0 Å². The van der Waals surface area contributed by atoms with Crippen molar-refractivity contribution in [2.45, 2.75) is 58.5 Å². The van der Waals surface area contributed by atoms with Gasteiger partial charge < -0.3 is 10.6 Å². The number of anilines is 2. The van der Waals surface area contributed by atoms with Gasteiger partial charge in [-0.25, -0.2) is 0 Å². The number of nitrogens with one attached hydrogen (secondary N) is 2. The molecule has 0 aromatic heterocycles. The van der Waals surface area contributed by atoms with Crippen molar-refractivity contribution >= 4 is 39.9 Å². The summed E-state index contributed by atoms with van der Waals surface area (Å²) in [5, 5.41) is 5.74. The molecule has 1 aliphatic carbocycles. The monoisotopic (exact) mass is 483 g/mol. The average molecular weight is 484 g/mol. The van der Waals surface area contributed by atoms with E-state index in [9.17, 15) is 18.6 Å². The Morgan fingerprint density at radius 3 is 2.32 bits per heavy atom. The maximum Gasteiger partial charge on any atom is 0.243 e. The van der Waals surface area contributed by atoms with E-state index in [0.717, 1.165) is 36.8 Å². The third kappa shape index (κ3) is 7.25. The first kappa shape index (κ1) is 25.6. The second-order valence-corrected chi connectivity index (χ2v) is 10.4. The standard InChI is InChI=1S/C26H33N3O4S/c1-18-11-13-22(14-12-18)27-24(30)16-34(33)17-25(31)29(23-10-6-7-19(2)15-23)20(3)26(32)28-21-8-4-5-9-21/h6-7,10-15,20-21H,4-5,8-9,16-17H2,1-3H3,(H,27,30)(H,28,32). The summed E-state index contributed by atoms with van der Waals surface area (Å²) < 4.78 is 12.7. The van der Waals surface area contributed by atoms with Crippen molar-refractivity contribution in [3.63, 3.8) is 0 Å². The zero-order chi connectivity index (χ0) is 24.7. The van der Waals surface area contributed by atoms with Gasteiger partial charge in [0.05, 0.1) is 0 Å². The van der Waals surface area contributed by atoms with Crippen molar-refractivity contribution in [1.82, 2.24) is 5.32 Å². The molecule has 3 amide bonds. The lowest BCUT2D eigenvalue weighted by molar-refractivity contribution is -0.125. The van der Waals surface area contributed by atoms with Gasteiger partial charge in [-0.3, -0.25) is 23.5 Å². The maximum atomic E-state index is 13.2. The van der Waals surface area contributed by atoms with E-state index >= 15 is 0 Å². The third-order valence-electron chi connectivity index (χ3n) is 5.93. The van der Waals surface area contributed by atoms with Crippen LogP contribution in [0, 0.1) is 13.8 Å². The summed E-state index contributed by atoms with van der Waals surface area (Å²) in [5.74, 6) is -1.77. The molecular weight excluding hydrogens is 450 g/mol. The van der Waals surface area contributed by atoms with Gasteiger partial charge in [-0.2, -0.15) is 0 Å². The molecule has 0 aliphatic heterocycles. The van der Waals surface area contributed by atoms with Gasteiger partial charge in [-0.1, -0.05) is 42.7 Å². The van der Waals surface area contributed by atoms with Gasteiger partial charge in [0.15, 0.2) is 0 Å². The molecule has 34 heavy (non-hydrogen) atoms. The number of amides is 3. The minimum atomic E-state index is -1.73. The number of nitrogens with zero attached hydrogens (tertiary/aromatic N) is 1. The van der Waals surface area contributed by atoms with Crippen LogP contribution >= 0.6 is 0 Å². The van der Waals surface area contributed by atoms with Crippen molar-refractivity contribution < 1.29 is 18.6 Å². The van der Waals surface area contributed by atoms with E-state index in [2.05, 4.69) is 10.6 Å². The van der Waals surface area contributed by atoms with Crippen molar-refractivity contribution in [1.29, 1.82) is 0 Å². The predicted octanol–water partition coefficient (Wildman–Crippen LogP) is 3.47. The summed E-state index contributed by atoms with van der Waals surface area (Å²) in [6, 6.07) is 13.9. The highest BCUT2D eigenvalue weighted by molar-refractivity contribution is 7.86. The molecule has 1 aliphatic rings. The molecule has 1 saturated carbocycles. The molecule has 8 heteroatoms. The van der Waals surface area contributed by atoms with Gasteiger partial charge in [-0.05, 0) is 63.4 Å². The first-order chi connectivity index (χ1) is 16.2. The van der Waals surface area contributed by atoms with E-state index in [1.54, 1.807) is 25.1 Å². The second kappa shape index (κ2) is 11.9. The van der Waals surface area contributed by atoms with Crippen LogP contribution in [0.2, 0.25) is 0 Å². The summed E-state index contributed by atoms with van der Waals surface area (Å²) in [5.41, 5.74) is 3.18. The molecule has 7 nitrogen and oxygen atoms in total. The number of carbonyl (C=O) groups excluding carboxylic acids is 3. The molecular formula is C26H33N3O4S. The summed E-state index contributed by atoms with van der Waals surface area (Å²) in [6.07, 6.45) is 4.06. The fourth-order valence-electron chi connectivity index (χ4n) is 4.11. The number of benzene rings is 2. The Balaban J connectivity index is 1.67. The van der Waals surface area contributed by atoms with E-state index in [4.69, 9.17) is 0 Å². The van der Waals surface area contributed by atoms with Crippen molar-refractivity contribution in [2.75, 3.05) is 21.7 Å². The molecule has 0 radical (unpaired) electrons. The van der Waals surface area contributed by atoms with Crippen LogP contribution in [0.25, 0.3) is 0 Å². The van der Waals surface area contributed by atoms with Gasteiger partial charge in [0.2, 0.25) is 17.7 Å². The number of carbonyl (C=O) groups is 3. The zero-order valence-corrected chi connectivity index (χ0v) is 20.8. The molecule has 0 heterocycles. The van der Waals surface area contributed by atoms with Crippen LogP contribution in [-0.4, -0.2) is 45.5 Å². The molecule has 1 fully saturated rings. The first-order valence-corrected chi connectivity index (χ1v) is 13.1. The Hall–Kier alpha value is -3.00. The number of rotatable bonds is 9.